The number of nitrogens with one attached hydrogen (secondary N) is 2. The lowest BCUT2D eigenvalue weighted by Gasteiger charge is -2.30. The zero-order valence-electron chi connectivity index (χ0n) is 17.7. The number of hydrogen-bond donors (Lipinski definition) is 2. The Bertz CT molecular complexity index is 726. The number of piperidine rings is 1. The van der Waals surface area contributed by atoms with Crippen molar-refractivity contribution in [2.24, 2.45) is 10.9 Å². The maximum absolute atomic E-state index is 12.8. The van der Waals surface area contributed by atoms with E-state index in [1.54, 1.807) is 23.5 Å². The van der Waals surface area contributed by atoms with Gasteiger partial charge in [0.25, 0.3) is 0 Å². The molecule has 0 aliphatic carbocycles. The highest BCUT2D eigenvalue weighted by Gasteiger charge is 2.28. The normalized spacial score (nSPS) is 18.2. The molecule has 0 bridgehead atoms. The highest BCUT2D eigenvalue weighted by atomic mass is 127. The van der Waals surface area contributed by atoms with E-state index in [4.69, 9.17) is 4.74 Å². The lowest BCUT2D eigenvalue weighted by molar-refractivity contribution is 0.195. The zero-order valence-corrected chi connectivity index (χ0v) is 20.8. The monoisotopic (exact) mass is 538 g/mol. The summed E-state index contributed by atoms with van der Waals surface area (Å²) in [5.41, 5.74) is 0.972. The van der Waals surface area contributed by atoms with Gasteiger partial charge in [-0.15, -0.1) is 24.0 Å². The number of nitrogens with zero attached hydrogens (tertiary/aromatic N) is 2. The van der Waals surface area contributed by atoms with Crippen molar-refractivity contribution in [2.45, 2.75) is 44.6 Å². The molecule has 2 N–H and O–H groups in total. The molecule has 1 atom stereocenters. The van der Waals surface area contributed by atoms with E-state index < -0.39 is 10.0 Å². The van der Waals surface area contributed by atoms with Gasteiger partial charge in [-0.25, -0.2) is 13.4 Å². The van der Waals surface area contributed by atoms with Crippen LogP contribution in [0, 0.1) is 5.92 Å². The molecule has 1 aliphatic heterocycles. The fourth-order valence-electron chi connectivity index (χ4n) is 3.22. The van der Waals surface area contributed by atoms with Crippen LogP contribution in [0.4, 0.5) is 0 Å². The molecule has 1 saturated heterocycles. The molecular formula is C20H35IN4O3S. The van der Waals surface area contributed by atoms with Crippen molar-refractivity contribution < 1.29 is 13.2 Å². The largest absolute Gasteiger partial charge is 0.385 e. The van der Waals surface area contributed by atoms with Crippen molar-refractivity contribution in [3.63, 3.8) is 0 Å². The number of methoxy groups -OCH3 is 1. The first kappa shape index (κ1) is 26.1. The average molecular weight is 538 g/mol. The lowest BCUT2D eigenvalue weighted by atomic mass is 10.0. The van der Waals surface area contributed by atoms with Crippen LogP contribution in [0.15, 0.2) is 34.2 Å². The van der Waals surface area contributed by atoms with Crippen molar-refractivity contribution in [2.75, 3.05) is 39.9 Å². The molecule has 1 aromatic rings. The quantitative estimate of drug-likeness (QED) is 0.219. The molecular weight excluding hydrogens is 503 g/mol. The topological polar surface area (TPSA) is 83.0 Å². The Kier molecular flexibility index (Phi) is 12.1. The van der Waals surface area contributed by atoms with E-state index in [1.807, 2.05) is 19.1 Å². The van der Waals surface area contributed by atoms with Gasteiger partial charge in [-0.2, -0.15) is 4.31 Å². The van der Waals surface area contributed by atoms with Gasteiger partial charge < -0.3 is 15.4 Å². The summed E-state index contributed by atoms with van der Waals surface area (Å²) in [4.78, 5) is 4.93. The second-order valence-corrected chi connectivity index (χ2v) is 9.16. The molecule has 2 rings (SSSR count). The fourth-order valence-corrected chi connectivity index (χ4v) is 4.81. The van der Waals surface area contributed by atoms with E-state index in [-0.39, 0.29) is 24.0 Å². The molecule has 1 unspecified atom stereocenters. The van der Waals surface area contributed by atoms with Crippen molar-refractivity contribution in [3.8, 4) is 0 Å². The van der Waals surface area contributed by atoms with Gasteiger partial charge in [0.2, 0.25) is 10.0 Å². The van der Waals surface area contributed by atoms with Crippen LogP contribution in [-0.4, -0.2) is 58.6 Å². The molecule has 0 aromatic heterocycles. The average Bonchev–Trinajstić information content (AvgIpc) is 2.69. The molecule has 0 spiro atoms. The molecule has 0 radical (unpaired) electrons. The van der Waals surface area contributed by atoms with Crippen molar-refractivity contribution in [1.82, 2.24) is 14.9 Å². The van der Waals surface area contributed by atoms with Gasteiger partial charge in [-0.1, -0.05) is 19.1 Å². The van der Waals surface area contributed by atoms with E-state index >= 15 is 0 Å². The summed E-state index contributed by atoms with van der Waals surface area (Å²) in [6.45, 7) is 8.10. The van der Waals surface area contributed by atoms with Gasteiger partial charge in [0.15, 0.2) is 5.96 Å². The first-order chi connectivity index (χ1) is 13.5. The molecule has 1 fully saturated rings. The molecule has 1 aliphatic rings. The van der Waals surface area contributed by atoms with E-state index in [9.17, 15) is 8.42 Å². The van der Waals surface area contributed by atoms with Crippen LogP contribution in [0.3, 0.4) is 0 Å². The second-order valence-electron chi connectivity index (χ2n) is 7.22. The van der Waals surface area contributed by atoms with Crippen molar-refractivity contribution in [3.05, 3.63) is 29.8 Å². The smallest absolute Gasteiger partial charge is 0.243 e. The van der Waals surface area contributed by atoms with Crippen LogP contribution in [-0.2, 0) is 21.3 Å². The zero-order chi connectivity index (χ0) is 20.4. The minimum Gasteiger partial charge on any atom is -0.385 e. The molecule has 7 nitrogen and oxygen atoms in total. The summed E-state index contributed by atoms with van der Waals surface area (Å²) in [6, 6.07) is 7.08. The molecule has 9 heteroatoms. The minimum absolute atomic E-state index is 0. The predicted molar refractivity (Wildman–Crippen MR) is 128 cm³/mol. The number of ether oxygens (including phenoxy) is 1. The van der Waals surface area contributed by atoms with Crippen molar-refractivity contribution in [1.29, 1.82) is 0 Å². The fraction of sp³-hybridized carbons (Fsp3) is 0.650. The summed E-state index contributed by atoms with van der Waals surface area (Å²) in [6.07, 6.45) is 2.93. The Morgan fingerprint density at radius 1 is 1.28 bits per heavy atom. The highest BCUT2D eigenvalue weighted by Crippen LogP contribution is 2.23. The van der Waals surface area contributed by atoms with E-state index in [0.717, 1.165) is 43.9 Å². The molecule has 29 heavy (non-hydrogen) atoms. The summed E-state index contributed by atoms with van der Waals surface area (Å²) < 4.78 is 32.3. The molecule has 1 aromatic carbocycles. The van der Waals surface area contributed by atoms with Crippen molar-refractivity contribution >= 4 is 40.0 Å². The van der Waals surface area contributed by atoms with Gasteiger partial charge in [-0.05, 0) is 49.8 Å². The van der Waals surface area contributed by atoms with Crippen LogP contribution in [0.5, 0.6) is 0 Å². The summed E-state index contributed by atoms with van der Waals surface area (Å²) >= 11 is 0. The highest BCUT2D eigenvalue weighted by molar-refractivity contribution is 14.0. The van der Waals surface area contributed by atoms with E-state index in [1.165, 1.54) is 0 Å². The molecule has 1 heterocycles. The SMILES string of the molecule is CCNC(=NCc1ccc(S(=O)(=O)N2CCCC(C)C2)cc1)NCCCOC.I. The van der Waals surface area contributed by atoms with E-state index in [2.05, 4.69) is 22.5 Å². The van der Waals surface area contributed by atoms with Gasteiger partial charge in [0.05, 0.1) is 11.4 Å². The Morgan fingerprint density at radius 2 is 2.00 bits per heavy atom. The first-order valence-corrected chi connectivity index (χ1v) is 11.5. The van der Waals surface area contributed by atoms with Gasteiger partial charge in [0, 0.05) is 39.9 Å². The number of guanidine groups is 1. The third-order valence-electron chi connectivity index (χ3n) is 4.76. The Hall–Kier alpha value is -0.910. The molecule has 0 amide bonds. The summed E-state index contributed by atoms with van der Waals surface area (Å²) in [5.74, 6) is 1.16. The number of aliphatic imine (C=N–C) groups is 1. The maximum atomic E-state index is 12.8. The second kappa shape index (κ2) is 13.4. The van der Waals surface area contributed by atoms with Crippen LogP contribution < -0.4 is 10.6 Å². The van der Waals surface area contributed by atoms with E-state index in [0.29, 0.717) is 37.1 Å². The Balaban J connectivity index is 0.00000420. The van der Waals surface area contributed by atoms with Gasteiger partial charge >= 0.3 is 0 Å². The Morgan fingerprint density at radius 3 is 2.62 bits per heavy atom. The Labute approximate surface area is 192 Å². The number of rotatable bonds is 9. The summed E-state index contributed by atoms with van der Waals surface area (Å²) in [5, 5.41) is 6.47. The summed E-state index contributed by atoms with van der Waals surface area (Å²) in [7, 11) is -1.72. The molecule has 166 valence electrons. The van der Waals surface area contributed by atoms with Gasteiger partial charge in [-0.3, -0.25) is 0 Å². The van der Waals surface area contributed by atoms with Gasteiger partial charge in [0.1, 0.15) is 0 Å². The standard InChI is InChI=1S/C20H34N4O3S.HI/c1-4-21-20(22-12-6-14-27-3)23-15-18-8-10-19(11-9-18)28(25,26)24-13-5-7-17(2)16-24;/h8-11,17H,4-7,12-16H2,1-3H3,(H2,21,22,23);1H. The minimum atomic E-state index is -3.41. The number of hydrogen-bond acceptors (Lipinski definition) is 4. The van der Waals surface area contributed by atoms with Crippen LogP contribution in [0.2, 0.25) is 0 Å². The number of sulfonamides is 1. The lowest BCUT2D eigenvalue weighted by Crippen LogP contribution is -2.39. The van der Waals surface area contributed by atoms with Crippen LogP contribution in [0.25, 0.3) is 0 Å². The first-order valence-electron chi connectivity index (χ1n) is 10.1. The number of halogens is 1. The number of benzene rings is 1. The molecule has 0 saturated carbocycles. The van der Waals surface area contributed by atoms with Crippen LogP contribution >= 0.6 is 24.0 Å². The third kappa shape index (κ3) is 8.39. The third-order valence-corrected chi connectivity index (χ3v) is 6.64. The maximum Gasteiger partial charge on any atom is 0.243 e. The van der Waals surface area contributed by atoms with Crippen LogP contribution in [0.1, 0.15) is 38.7 Å². The predicted octanol–water partition coefficient (Wildman–Crippen LogP) is 2.82.